The van der Waals surface area contributed by atoms with E-state index in [1.165, 1.54) is 11.8 Å². The van der Waals surface area contributed by atoms with E-state index < -0.39 is 43.8 Å². The number of carbonyl (C=O) groups excluding carboxylic acids is 1. The molecule has 0 aliphatic carbocycles. The third-order valence-electron chi connectivity index (χ3n) is 6.39. The van der Waals surface area contributed by atoms with Gasteiger partial charge < -0.3 is 10.4 Å². The second-order valence-corrected chi connectivity index (χ2v) is 12.5. The largest absolute Gasteiger partial charge is 0.480 e. The van der Waals surface area contributed by atoms with Crippen LogP contribution in [0.5, 0.6) is 0 Å². The van der Waals surface area contributed by atoms with Crippen LogP contribution < -0.4 is 10.6 Å². The van der Waals surface area contributed by atoms with Crippen LogP contribution in [0.4, 0.5) is 0 Å². The SMILES string of the molecule is Cc1ccc(S(=O)(=O)C2SCCNC2NC(=O)C(CCc2ccccc2)(C(=O)O)C(C)C)cc1. The van der Waals surface area contributed by atoms with Crippen LogP contribution in [0.15, 0.2) is 59.5 Å². The maximum atomic E-state index is 13.6. The molecule has 1 fully saturated rings. The number of rotatable bonds is 9. The molecule has 2 aromatic rings. The third kappa shape index (κ3) is 5.47. The molecule has 3 N–H and O–H groups in total. The number of carboxylic acid groups (broad SMARTS) is 1. The molecule has 1 aliphatic heterocycles. The molecule has 0 aromatic heterocycles. The number of carbonyl (C=O) groups is 2. The van der Waals surface area contributed by atoms with Gasteiger partial charge in [0.05, 0.1) is 4.90 Å². The van der Waals surface area contributed by atoms with Crippen LogP contribution in [0.25, 0.3) is 0 Å². The van der Waals surface area contributed by atoms with E-state index in [0.717, 1.165) is 11.1 Å². The molecule has 9 heteroatoms. The Bertz CT molecular complexity index is 1100. The number of carboxylic acids is 1. The maximum Gasteiger partial charge on any atom is 0.319 e. The lowest BCUT2D eigenvalue weighted by Crippen LogP contribution is -2.61. The molecule has 1 aliphatic rings. The molecule has 1 amide bonds. The molecule has 0 radical (unpaired) electrons. The average molecular weight is 505 g/mol. The Labute approximate surface area is 205 Å². The molecule has 3 atom stereocenters. The molecular weight excluding hydrogens is 472 g/mol. The number of aliphatic carboxylic acids is 1. The molecule has 1 saturated heterocycles. The zero-order chi connectivity index (χ0) is 24.9. The zero-order valence-corrected chi connectivity index (χ0v) is 21.3. The minimum absolute atomic E-state index is 0.102. The summed E-state index contributed by atoms with van der Waals surface area (Å²) in [6.07, 6.45) is -0.395. The molecular formula is C25H32N2O5S2. The van der Waals surface area contributed by atoms with E-state index in [9.17, 15) is 23.1 Å². The van der Waals surface area contributed by atoms with E-state index >= 15 is 0 Å². The van der Waals surface area contributed by atoms with Gasteiger partial charge in [0.15, 0.2) is 9.84 Å². The molecule has 34 heavy (non-hydrogen) atoms. The molecule has 3 rings (SSSR count). The van der Waals surface area contributed by atoms with Crippen molar-refractivity contribution in [2.75, 3.05) is 12.3 Å². The van der Waals surface area contributed by atoms with Gasteiger partial charge in [-0.05, 0) is 43.4 Å². The summed E-state index contributed by atoms with van der Waals surface area (Å²) in [7, 11) is -3.78. The highest BCUT2D eigenvalue weighted by atomic mass is 32.3. The van der Waals surface area contributed by atoms with Gasteiger partial charge in [0.2, 0.25) is 5.91 Å². The fourth-order valence-electron chi connectivity index (χ4n) is 4.20. The second kappa shape index (κ2) is 10.9. The van der Waals surface area contributed by atoms with Crippen LogP contribution in [0.3, 0.4) is 0 Å². The Balaban J connectivity index is 1.87. The quantitative estimate of drug-likeness (QED) is 0.450. The molecule has 0 saturated carbocycles. The van der Waals surface area contributed by atoms with Gasteiger partial charge in [0, 0.05) is 12.3 Å². The summed E-state index contributed by atoms with van der Waals surface area (Å²) in [5.41, 5.74) is 0.185. The summed E-state index contributed by atoms with van der Waals surface area (Å²) in [5, 5.41) is 16.0. The lowest BCUT2D eigenvalue weighted by molar-refractivity contribution is -0.160. The monoisotopic (exact) mass is 504 g/mol. The summed E-state index contributed by atoms with van der Waals surface area (Å²) < 4.78 is 25.8. The first kappa shape index (κ1) is 26.2. The Morgan fingerprint density at radius 2 is 1.79 bits per heavy atom. The van der Waals surface area contributed by atoms with Crippen LogP contribution in [-0.4, -0.2) is 48.4 Å². The van der Waals surface area contributed by atoms with Crippen molar-refractivity contribution >= 4 is 33.5 Å². The van der Waals surface area contributed by atoms with Crippen molar-refractivity contribution in [3.8, 4) is 0 Å². The molecule has 0 spiro atoms. The third-order valence-corrected chi connectivity index (χ3v) is 10.4. The number of amides is 1. The highest BCUT2D eigenvalue weighted by molar-refractivity contribution is 8.13. The van der Waals surface area contributed by atoms with Gasteiger partial charge in [-0.1, -0.05) is 61.9 Å². The molecule has 0 bridgehead atoms. The van der Waals surface area contributed by atoms with E-state index in [0.29, 0.717) is 18.7 Å². The van der Waals surface area contributed by atoms with Crippen molar-refractivity contribution in [3.05, 3.63) is 65.7 Å². The molecule has 184 valence electrons. The minimum atomic E-state index is -3.78. The van der Waals surface area contributed by atoms with Crippen LogP contribution in [0, 0.1) is 18.3 Å². The van der Waals surface area contributed by atoms with Gasteiger partial charge in [0.25, 0.3) is 0 Å². The summed E-state index contributed by atoms with van der Waals surface area (Å²) in [4.78, 5) is 26.2. The van der Waals surface area contributed by atoms with E-state index in [2.05, 4.69) is 10.6 Å². The second-order valence-electron chi connectivity index (χ2n) is 8.92. The molecule has 2 aromatic carbocycles. The highest BCUT2D eigenvalue weighted by Crippen LogP contribution is 2.36. The lowest BCUT2D eigenvalue weighted by Gasteiger charge is -2.37. The maximum absolute atomic E-state index is 13.6. The van der Waals surface area contributed by atoms with Gasteiger partial charge in [-0.25, -0.2) is 8.42 Å². The van der Waals surface area contributed by atoms with E-state index in [4.69, 9.17) is 0 Å². The van der Waals surface area contributed by atoms with Crippen molar-refractivity contribution in [1.82, 2.24) is 10.6 Å². The standard InChI is InChI=1S/C25H32N2O5S2/c1-17(2)25(24(29)30,14-13-19-7-5-4-6-8-19)23(28)27-21-22(33-16-15-26-21)34(31,32)20-11-9-18(3)10-12-20/h4-12,17,21-22,26H,13-16H2,1-3H3,(H,27,28)(H,29,30). The van der Waals surface area contributed by atoms with Gasteiger partial charge in [0.1, 0.15) is 16.2 Å². The number of hydrogen-bond donors (Lipinski definition) is 3. The van der Waals surface area contributed by atoms with Crippen LogP contribution in [-0.2, 0) is 25.8 Å². The fourth-order valence-corrected chi connectivity index (χ4v) is 7.67. The summed E-state index contributed by atoms with van der Waals surface area (Å²) in [6.45, 7) is 5.80. The Hall–Kier alpha value is -2.36. The number of sulfone groups is 1. The topological polar surface area (TPSA) is 113 Å². The highest BCUT2D eigenvalue weighted by Gasteiger charge is 2.50. The first-order valence-electron chi connectivity index (χ1n) is 11.3. The van der Waals surface area contributed by atoms with Crippen LogP contribution >= 0.6 is 11.8 Å². The zero-order valence-electron chi connectivity index (χ0n) is 19.7. The van der Waals surface area contributed by atoms with Crippen molar-refractivity contribution in [1.29, 1.82) is 0 Å². The first-order chi connectivity index (χ1) is 16.1. The fraction of sp³-hybridized carbons (Fsp3) is 0.440. The number of hydrogen-bond acceptors (Lipinski definition) is 6. The van der Waals surface area contributed by atoms with Crippen LogP contribution in [0.2, 0.25) is 0 Å². The Morgan fingerprint density at radius 3 is 2.38 bits per heavy atom. The predicted octanol–water partition coefficient (Wildman–Crippen LogP) is 3.23. The summed E-state index contributed by atoms with van der Waals surface area (Å²) in [6, 6.07) is 16.0. The summed E-state index contributed by atoms with van der Waals surface area (Å²) >= 11 is 1.24. The van der Waals surface area contributed by atoms with Crippen molar-refractivity contribution in [2.24, 2.45) is 11.3 Å². The van der Waals surface area contributed by atoms with Crippen molar-refractivity contribution in [3.63, 3.8) is 0 Å². The molecule has 3 unspecified atom stereocenters. The van der Waals surface area contributed by atoms with Gasteiger partial charge in [-0.15, -0.1) is 11.8 Å². The number of nitrogens with one attached hydrogen (secondary N) is 2. The van der Waals surface area contributed by atoms with Crippen molar-refractivity contribution < 1.29 is 23.1 Å². The predicted molar refractivity (Wildman–Crippen MR) is 134 cm³/mol. The van der Waals surface area contributed by atoms with Gasteiger partial charge >= 0.3 is 5.97 Å². The molecule has 7 nitrogen and oxygen atoms in total. The van der Waals surface area contributed by atoms with E-state index in [-0.39, 0.29) is 11.3 Å². The van der Waals surface area contributed by atoms with E-state index in [1.54, 1.807) is 38.1 Å². The number of aryl methyl sites for hydroxylation is 2. The Morgan fingerprint density at radius 1 is 1.15 bits per heavy atom. The van der Waals surface area contributed by atoms with Crippen molar-refractivity contribution in [2.45, 2.75) is 49.3 Å². The number of benzene rings is 2. The smallest absolute Gasteiger partial charge is 0.319 e. The van der Waals surface area contributed by atoms with Crippen LogP contribution in [0.1, 0.15) is 31.4 Å². The normalized spacial score (nSPS) is 20.5. The molecule has 1 heterocycles. The number of thioether (sulfide) groups is 1. The lowest BCUT2D eigenvalue weighted by atomic mass is 9.72. The Kier molecular flexibility index (Phi) is 8.43. The van der Waals surface area contributed by atoms with Gasteiger partial charge in [-0.3, -0.25) is 14.9 Å². The van der Waals surface area contributed by atoms with Gasteiger partial charge in [-0.2, -0.15) is 0 Å². The summed E-state index contributed by atoms with van der Waals surface area (Å²) in [5.74, 6) is -1.82. The van der Waals surface area contributed by atoms with E-state index in [1.807, 2.05) is 37.3 Å². The first-order valence-corrected chi connectivity index (χ1v) is 13.9. The average Bonchev–Trinajstić information content (AvgIpc) is 2.80. The minimum Gasteiger partial charge on any atom is -0.480 e.